The van der Waals surface area contributed by atoms with Crippen LogP contribution in [0, 0.1) is 12.3 Å². The van der Waals surface area contributed by atoms with Gasteiger partial charge in [0.05, 0.1) is 17.5 Å². The summed E-state index contributed by atoms with van der Waals surface area (Å²) in [6.07, 6.45) is 3.85. The van der Waals surface area contributed by atoms with E-state index >= 15 is 0 Å². The quantitative estimate of drug-likeness (QED) is 0.503. The molecule has 10 heteroatoms. The topological polar surface area (TPSA) is 113 Å². The van der Waals surface area contributed by atoms with E-state index in [4.69, 9.17) is 22.8 Å². The Balaban J connectivity index is 2.12. The zero-order chi connectivity index (χ0) is 19.3. The Morgan fingerprint density at radius 3 is 2.65 bits per heavy atom. The van der Waals surface area contributed by atoms with Gasteiger partial charge in [0.1, 0.15) is 6.04 Å². The van der Waals surface area contributed by atoms with Crippen molar-refractivity contribution in [3.8, 4) is 12.3 Å². The average molecular weight is 401 g/mol. The fourth-order valence-corrected chi connectivity index (χ4v) is 4.19. The molecule has 0 radical (unpaired) electrons. The van der Waals surface area contributed by atoms with Crippen molar-refractivity contribution in [1.82, 2.24) is 9.62 Å². The van der Waals surface area contributed by atoms with Crippen LogP contribution in [-0.4, -0.2) is 61.5 Å². The molecule has 2 rings (SSSR count). The number of benzene rings is 1. The number of carbonyl (C=O) groups is 2. The third-order valence-corrected chi connectivity index (χ3v) is 5.80. The highest BCUT2D eigenvalue weighted by Crippen LogP contribution is 2.27. The molecular formula is C16H17ClN2O6S. The SMILES string of the molecule is C#CCNC(=O)COC(=O)[C@@H]1C[C@H](O)CN1S(=O)(=O)c1ccc(Cl)cc1. The molecule has 1 aliphatic heterocycles. The van der Waals surface area contributed by atoms with E-state index in [-0.39, 0.29) is 24.4 Å². The van der Waals surface area contributed by atoms with Crippen LogP contribution in [0.25, 0.3) is 0 Å². The van der Waals surface area contributed by atoms with Crippen LogP contribution in [0.2, 0.25) is 5.02 Å². The molecule has 2 N–H and O–H groups in total. The van der Waals surface area contributed by atoms with Gasteiger partial charge in [0, 0.05) is 18.0 Å². The Labute approximate surface area is 156 Å². The first kappa shape index (κ1) is 20.2. The molecule has 0 aliphatic carbocycles. The van der Waals surface area contributed by atoms with Crippen molar-refractivity contribution >= 4 is 33.5 Å². The van der Waals surface area contributed by atoms with Crippen molar-refractivity contribution in [2.75, 3.05) is 19.7 Å². The third-order valence-electron chi connectivity index (χ3n) is 3.66. The number of rotatable bonds is 6. The number of amides is 1. The van der Waals surface area contributed by atoms with Gasteiger partial charge in [-0.25, -0.2) is 8.42 Å². The molecule has 1 aromatic carbocycles. The van der Waals surface area contributed by atoms with E-state index in [1.165, 1.54) is 24.3 Å². The number of hydrogen-bond acceptors (Lipinski definition) is 6. The van der Waals surface area contributed by atoms with Gasteiger partial charge in [-0.1, -0.05) is 17.5 Å². The molecule has 1 aromatic rings. The van der Waals surface area contributed by atoms with Gasteiger partial charge in [-0.15, -0.1) is 6.42 Å². The van der Waals surface area contributed by atoms with Crippen LogP contribution in [0.5, 0.6) is 0 Å². The van der Waals surface area contributed by atoms with E-state index in [9.17, 15) is 23.1 Å². The second-order valence-electron chi connectivity index (χ2n) is 5.52. The molecule has 0 saturated carbocycles. The molecule has 0 bridgehead atoms. The van der Waals surface area contributed by atoms with Gasteiger partial charge < -0.3 is 15.2 Å². The largest absolute Gasteiger partial charge is 0.454 e. The Morgan fingerprint density at radius 1 is 1.38 bits per heavy atom. The molecule has 1 saturated heterocycles. The molecule has 1 heterocycles. The van der Waals surface area contributed by atoms with Gasteiger partial charge >= 0.3 is 5.97 Å². The van der Waals surface area contributed by atoms with E-state index in [0.29, 0.717) is 5.02 Å². The van der Waals surface area contributed by atoms with Gasteiger partial charge in [0.2, 0.25) is 10.0 Å². The summed E-state index contributed by atoms with van der Waals surface area (Å²) in [4.78, 5) is 23.6. The first-order chi connectivity index (χ1) is 12.3. The lowest BCUT2D eigenvalue weighted by Gasteiger charge is -2.22. The molecule has 1 aliphatic rings. The Kier molecular flexibility index (Phi) is 6.61. The highest BCUT2D eigenvalue weighted by atomic mass is 35.5. The maximum atomic E-state index is 12.7. The lowest BCUT2D eigenvalue weighted by Crippen LogP contribution is -2.42. The minimum atomic E-state index is -4.05. The predicted molar refractivity (Wildman–Crippen MR) is 92.6 cm³/mol. The molecule has 140 valence electrons. The number of nitrogens with zero attached hydrogens (tertiary/aromatic N) is 1. The number of ether oxygens (including phenoxy) is 1. The van der Waals surface area contributed by atoms with E-state index < -0.39 is 40.7 Å². The molecule has 0 spiro atoms. The van der Waals surface area contributed by atoms with Gasteiger partial charge in [-0.2, -0.15) is 4.31 Å². The normalized spacial score (nSPS) is 20.3. The first-order valence-electron chi connectivity index (χ1n) is 7.58. The highest BCUT2D eigenvalue weighted by molar-refractivity contribution is 7.89. The Hall–Kier alpha value is -2.12. The van der Waals surface area contributed by atoms with Crippen molar-refractivity contribution < 1.29 is 27.9 Å². The summed E-state index contributed by atoms with van der Waals surface area (Å²) in [6.45, 7) is -0.869. The Bertz CT molecular complexity index is 818. The number of nitrogens with one attached hydrogen (secondary N) is 1. The number of aliphatic hydroxyl groups excluding tert-OH is 1. The maximum absolute atomic E-state index is 12.7. The van der Waals surface area contributed by atoms with Gasteiger partial charge in [0.15, 0.2) is 6.61 Å². The minimum Gasteiger partial charge on any atom is -0.454 e. The van der Waals surface area contributed by atoms with Gasteiger partial charge in [-0.05, 0) is 24.3 Å². The number of sulfonamides is 1. The number of esters is 1. The van der Waals surface area contributed by atoms with Crippen LogP contribution in [0.3, 0.4) is 0 Å². The summed E-state index contributed by atoms with van der Waals surface area (Å²) in [5.41, 5.74) is 0. The van der Waals surface area contributed by atoms with Crippen LogP contribution in [-0.2, 0) is 24.3 Å². The van der Waals surface area contributed by atoms with Crippen LogP contribution in [0.4, 0.5) is 0 Å². The van der Waals surface area contributed by atoms with Gasteiger partial charge in [-0.3, -0.25) is 9.59 Å². The molecule has 0 aromatic heterocycles. The van der Waals surface area contributed by atoms with Crippen molar-refractivity contribution in [2.45, 2.75) is 23.5 Å². The summed E-state index contributed by atoms with van der Waals surface area (Å²) in [7, 11) is -4.05. The van der Waals surface area contributed by atoms with Crippen LogP contribution < -0.4 is 5.32 Å². The number of aliphatic hydroxyl groups is 1. The summed E-state index contributed by atoms with van der Waals surface area (Å²) in [5, 5.41) is 12.5. The second kappa shape index (κ2) is 8.51. The molecule has 8 nitrogen and oxygen atoms in total. The predicted octanol–water partition coefficient (Wildman–Crippen LogP) is -0.243. The zero-order valence-electron chi connectivity index (χ0n) is 13.6. The number of terminal acetylenes is 1. The summed E-state index contributed by atoms with van der Waals surface area (Å²) >= 11 is 5.76. The fraction of sp³-hybridized carbons (Fsp3) is 0.375. The first-order valence-corrected chi connectivity index (χ1v) is 9.39. The Morgan fingerprint density at radius 2 is 2.04 bits per heavy atom. The number of halogens is 1. The van der Waals surface area contributed by atoms with Crippen molar-refractivity contribution in [3.63, 3.8) is 0 Å². The summed E-state index contributed by atoms with van der Waals surface area (Å²) in [5.74, 6) is 0.663. The van der Waals surface area contributed by atoms with Crippen molar-refractivity contribution in [1.29, 1.82) is 0 Å². The third kappa shape index (κ3) is 4.74. The van der Waals surface area contributed by atoms with E-state index in [1.807, 2.05) is 0 Å². The smallest absolute Gasteiger partial charge is 0.325 e. The monoisotopic (exact) mass is 400 g/mol. The minimum absolute atomic E-state index is 0.0183. The molecular weight excluding hydrogens is 384 g/mol. The van der Waals surface area contributed by atoms with E-state index in [2.05, 4.69) is 11.2 Å². The summed E-state index contributed by atoms with van der Waals surface area (Å²) < 4.78 is 31.2. The van der Waals surface area contributed by atoms with Crippen LogP contribution in [0.1, 0.15) is 6.42 Å². The standard InChI is InChI=1S/C16H17ClN2O6S/c1-2-7-18-15(21)10-25-16(22)14-8-12(20)9-19(14)26(23,24)13-5-3-11(17)4-6-13/h1,3-6,12,14,20H,7-10H2,(H,18,21)/t12-,14-/m0/s1. The zero-order valence-corrected chi connectivity index (χ0v) is 15.2. The molecule has 1 fully saturated rings. The van der Waals surface area contributed by atoms with Gasteiger partial charge in [0.25, 0.3) is 5.91 Å². The van der Waals surface area contributed by atoms with Crippen molar-refractivity contribution in [3.05, 3.63) is 29.3 Å². The maximum Gasteiger partial charge on any atom is 0.325 e. The lowest BCUT2D eigenvalue weighted by atomic mass is 10.2. The van der Waals surface area contributed by atoms with E-state index in [1.54, 1.807) is 0 Å². The lowest BCUT2D eigenvalue weighted by molar-refractivity contribution is -0.151. The highest BCUT2D eigenvalue weighted by Gasteiger charge is 2.44. The number of hydrogen-bond donors (Lipinski definition) is 2. The molecule has 2 atom stereocenters. The average Bonchev–Trinajstić information content (AvgIpc) is 3.01. The number of β-amino-alcohol motifs (C(OH)–C–C–N with tert-alkyl or cyclic N) is 1. The number of carbonyl (C=O) groups excluding carboxylic acids is 2. The van der Waals surface area contributed by atoms with Crippen molar-refractivity contribution in [2.24, 2.45) is 0 Å². The van der Waals surface area contributed by atoms with E-state index in [0.717, 1.165) is 4.31 Å². The molecule has 0 unspecified atom stereocenters. The van der Waals surface area contributed by atoms with Crippen LogP contribution >= 0.6 is 11.6 Å². The fourth-order valence-electron chi connectivity index (χ4n) is 2.44. The molecule has 1 amide bonds. The van der Waals surface area contributed by atoms with Crippen LogP contribution in [0.15, 0.2) is 29.2 Å². The second-order valence-corrected chi connectivity index (χ2v) is 7.85. The summed E-state index contributed by atoms with van der Waals surface area (Å²) in [6, 6.07) is 4.19. The molecule has 26 heavy (non-hydrogen) atoms.